The number of nitrogens with one attached hydrogen (secondary N) is 4. The van der Waals surface area contributed by atoms with Crippen LogP contribution >= 0.6 is 0 Å². The second-order valence-electron chi connectivity index (χ2n) is 25.9. The van der Waals surface area contributed by atoms with Gasteiger partial charge in [-0.2, -0.15) is 15.3 Å². The van der Waals surface area contributed by atoms with E-state index in [2.05, 4.69) is 64.5 Å². The number of hydrogen-bond donors (Lipinski definition) is 4. The molecule has 7 heterocycles. The SMILES string of the molecule is COC1CCC(Nc2cncc(-n3cc(-c4cc(C(=O)NC5CC5)ccc4C)cn3)c2)C1.Cc1ccc(C(=O)NC2CC2)cc1-c1cnn(-c2cncc(OC3CCCC3)c2)c1.Cc1ccc(C(=O)NC2CC2)cc1-c1cnn(-c2cncc(OCC3CCOCC3)c2)c1. The summed E-state index contributed by atoms with van der Waals surface area (Å²) in [5, 5.41) is 26.4. The Morgan fingerprint density at radius 1 is 0.479 bits per heavy atom. The molecular weight excluding hydrogens is 1180 g/mol. The zero-order valence-corrected chi connectivity index (χ0v) is 54.0. The number of nitrogens with zero attached hydrogens (tertiary/aromatic N) is 9. The number of ether oxygens (including phenoxy) is 4. The number of methoxy groups -OCH3 is 1. The van der Waals surface area contributed by atoms with E-state index < -0.39 is 0 Å². The summed E-state index contributed by atoms with van der Waals surface area (Å²) in [6.45, 7) is 8.44. The highest BCUT2D eigenvalue weighted by atomic mass is 16.5. The summed E-state index contributed by atoms with van der Waals surface area (Å²) in [4.78, 5) is 50.5. The predicted octanol–water partition coefficient (Wildman–Crippen LogP) is 12.5. The normalized spacial score (nSPS) is 17.9. The van der Waals surface area contributed by atoms with E-state index >= 15 is 0 Å². The third kappa shape index (κ3) is 16.4. The van der Waals surface area contributed by atoms with Crippen LogP contribution in [0.2, 0.25) is 0 Å². The Labute approximate surface area is 548 Å². The van der Waals surface area contributed by atoms with Crippen LogP contribution in [0.1, 0.15) is 144 Å². The third-order valence-corrected chi connectivity index (χ3v) is 18.4. The molecule has 9 aromatic rings. The van der Waals surface area contributed by atoms with Gasteiger partial charge in [-0.05, 0) is 199 Å². The van der Waals surface area contributed by atoms with E-state index in [4.69, 9.17) is 18.9 Å². The lowest BCUT2D eigenvalue weighted by molar-refractivity contribution is 0.0497. The molecule has 15 rings (SSSR count). The van der Waals surface area contributed by atoms with Gasteiger partial charge in [0, 0.05) is 109 Å². The second kappa shape index (κ2) is 29.2. The molecule has 2 unspecified atom stereocenters. The molecule has 3 amide bonds. The highest BCUT2D eigenvalue weighted by molar-refractivity contribution is 5.97. The Bertz CT molecular complexity index is 4120. The zero-order valence-electron chi connectivity index (χ0n) is 54.0. The van der Waals surface area contributed by atoms with E-state index in [9.17, 15) is 14.4 Å². The van der Waals surface area contributed by atoms with E-state index in [1.165, 1.54) is 12.8 Å². The third-order valence-electron chi connectivity index (χ3n) is 18.4. The van der Waals surface area contributed by atoms with Crippen molar-refractivity contribution in [3.63, 3.8) is 0 Å². The van der Waals surface area contributed by atoms with Crippen LogP contribution in [-0.2, 0) is 9.47 Å². The number of rotatable bonds is 20. The number of amides is 3. The maximum Gasteiger partial charge on any atom is 0.251 e. The molecule has 6 aliphatic rings. The molecule has 5 aliphatic carbocycles. The van der Waals surface area contributed by atoms with E-state index in [0.29, 0.717) is 65.6 Å². The number of anilines is 1. The highest BCUT2D eigenvalue weighted by Gasteiger charge is 2.28. The van der Waals surface area contributed by atoms with Crippen LogP contribution in [0.15, 0.2) is 147 Å². The summed E-state index contributed by atoms with van der Waals surface area (Å²) in [6.07, 6.45) is 39.1. The van der Waals surface area contributed by atoms with Crippen molar-refractivity contribution in [2.45, 2.75) is 153 Å². The number of carbonyl (C=O) groups excluding carboxylic acids is 3. The van der Waals surface area contributed by atoms with E-state index in [1.54, 1.807) is 47.5 Å². The largest absolute Gasteiger partial charge is 0.492 e. The molecule has 6 aromatic heterocycles. The lowest BCUT2D eigenvalue weighted by atomic mass is 10.0. The van der Waals surface area contributed by atoms with Crippen LogP contribution in [0.4, 0.5) is 5.69 Å². The van der Waals surface area contributed by atoms with Crippen molar-refractivity contribution in [1.29, 1.82) is 0 Å². The lowest BCUT2D eigenvalue weighted by Gasteiger charge is -2.22. The summed E-state index contributed by atoms with van der Waals surface area (Å²) >= 11 is 0. The molecule has 1 saturated heterocycles. The number of aryl methyl sites for hydroxylation is 3. The molecule has 4 N–H and O–H groups in total. The van der Waals surface area contributed by atoms with Crippen molar-refractivity contribution in [2.24, 2.45) is 5.92 Å². The van der Waals surface area contributed by atoms with Gasteiger partial charge in [-0.1, -0.05) is 18.2 Å². The van der Waals surface area contributed by atoms with E-state index in [1.807, 2.05) is 129 Å². The van der Waals surface area contributed by atoms with Crippen molar-refractivity contribution >= 4 is 23.4 Å². The van der Waals surface area contributed by atoms with Crippen LogP contribution in [0.25, 0.3) is 50.4 Å². The Morgan fingerprint density at radius 3 is 1.37 bits per heavy atom. The van der Waals surface area contributed by atoms with Gasteiger partial charge < -0.3 is 40.2 Å². The van der Waals surface area contributed by atoms with Gasteiger partial charge in [-0.25, -0.2) is 14.0 Å². The first-order chi connectivity index (χ1) is 45.9. The molecule has 0 radical (unpaired) electrons. The number of aromatic nitrogens is 9. The topological polar surface area (TPSA) is 228 Å². The molecule has 486 valence electrons. The van der Waals surface area contributed by atoms with Crippen molar-refractivity contribution in [1.82, 2.24) is 60.2 Å². The molecular formula is C74H83N13O7. The molecule has 1 aliphatic heterocycles. The van der Waals surface area contributed by atoms with Crippen LogP contribution in [-0.4, -0.2) is 125 Å². The lowest BCUT2D eigenvalue weighted by Crippen LogP contribution is -2.25. The minimum absolute atomic E-state index is 0.00731. The first-order valence-electron chi connectivity index (χ1n) is 33.3. The van der Waals surface area contributed by atoms with Crippen molar-refractivity contribution in [2.75, 3.05) is 32.2 Å². The average molecular weight is 1270 g/mol. The smallest absolute Gasteiger partial charge is 0.251 e. The quantitative estimate of drug-likeness (QED) is 0.0557. The highest BCUT2D eigenvalue weighted by Crippen LogP contribution is 2.33. The molecule has 94 heavy (non-hydrogen) atoms. The fraction of sp³-hybridized carbons (Fsp3) is 0.392. The molecule has 6 fully saturated rings. The van der Waals surface area contributed by atoms with Crippen molar-refractivity contribution in [3.8, 4) is 61.9 Å². The molecule has 0 bridgehead atoms. The fourth-order valence-corrected chi connectivity index (χ4v) is 12.2. The van der Waals surface area contributed by atoms with Gasteiger partial charge in [0.15, 0.2) is 0 Å². The van der Waals surface area contributed by atoms with Crippen LogP contribution in [0, 0.1) is 26.7 Å². The fourth-order valence-electron chi connectivity index (χ4n) is 12.2. The van der Waals surface area contributed by atoms with Crippen LogP contribution < -0.4 is 30.7 Å². The maximum absolute atomic E-state index is 12.5. The minimum Gasteiger partial charge on any atom is -0.492 e. The van der Waals surface area contributed by atoms with Crippen LogP contribution in [0.5, 0.6) is 11.5 Å². The molecule has 20 heteroatoms. The van der Waals surface area contributed by atoms with Gasteiger partial charge in [0.1, 0.15) is 11.5 Å². The first-order valence-corrected chi connectivity index (χ1v) is 33.3. The van der Waals surface area contributed by atoms with Crippen LogP contribution in [0.3, 0.4) is 0 Å². The Hall–Kier alpha value is -9.53. The number of carbonyl (C=O) groups is 3. The summed E-state index contributed by atoms with van der Waals surface area (Å²) in [6, 6.07) is 24.9. The van der Waals surface area contributed by atoms with Gasteiger partial charge in [-0.3, -0.25) is 29.3 Å². The second-order valence-corrected chi connectivity index (χ2v) is 25.9. The first kappa shape index (κ1) is 63.2. The van der Waals surface area contributed by atoms with Gasteiger partial charge in [0.05, 0.1) is 97.3 Å². The molecule has 5 saturated carbocycles. The monoisotopic (exact) mass is 1270 g/mol. The molecule has 2 atom stereocenters. The predicted molar refractivity (Wildman–Crippen MR) is 360 cm³/mol. The van der Waals surface area contributed by atoms with E-state index in [-0.39, 0.29) is 17.7 Å². The van der Waals surface area contributed by atoms with Crippen molar-refractivity contribution in [3.05, 3.63) is 181 Å². The molecule has 0 spiro atoms. The Kier molecular flexibility index (Phi) is 19.6. The van der Waals surface area contributed by atoms with Crippen molar-refractivity contribution < 1.29 is 33.3 Å². The summed E-state index contributed by atoms with van der Waals surface area (Å²) in [5.74, 6) is 2.02. The molecule has 20 nitrogen and oxygen atoms in total. The van der Waals surface area contributed by atoms with Gasteiger partial charge >= 0.3 is 0 Å². The molecule has 3 aromatic carbocycles. The number of benzene rings is 3. The average Bonchev–Trinajstić information content (AvgIpc) is 1.73. The van der Waals surface area contributed by atoms with E-state index in [0.717, 1.165) is 181 Å². The number of hydrogen-bond acceptors (Lipinski definition) is 14. The zero-order chi connectivity index (χ0) is 64.5. The standard InChI is InChI=1S/C25H29N5O2.C25H28N4O3.C24H26N4O2/c1-16-3-4-17(25(31)29-19-5-6-19)9-24(16)18-12-27-30(15-18)22-10-21(13-26-14-22)28-20-7-8-23(11-20)32-2;1-17-2-3-19(25(30)28-21-4-5-21)10-24(17)20-12-27-29(15-20)22-11-23(14-26-13-22)32-16-18-6-8-31-9-7-18;1-16-6-7-17(24(29)27-19-8-9-19)10-23(16)18-12-26-28(15-18)20-11-22(14-25-13-20)30-21-4-2-3-5-21/h3-4,9-10,12-15,19-20,23,28H,5-8,11H2,1-2H3,(H,29,31);2-3,10-15,18,21H,4-9,16H2,1H3,(H,28,30);6-7,10-15,19,21H,2-5,8-9H2,1H3,(H,27,29). The summed E-state index contributed by atoms with van der Waals surface area (Å²) in [7, 11) is 1.78. The Morgan fingerprint density at radius 2 is 0.915 bits per heavy atom. The van der Waals surface area contributed by atoms with Gasteiger partial charge in [-0.15, -0.1) is 0 Å². The minimum atomic E-state index is -0.0141. The summed E-state index contributed by atoms with van der Waals surface area (Å²) < 4.78 is 28.4. The van der Waals surface area contributed by atoms with Gasteiger partial charge in [0.25, 0.3) is 17.7 Å². The number of pyridine rings is 3. The van der Waals surface area contributed by atoms with Gasteiger partial charge in [0.2, 0.25) is 0 Å². The maximum atomic E-state index is 12.5. The summed E-state index contributed by atoms with van der Waals surface area (Å²) in [5.41, 5.74) is 14.8. The Balaban J connectivity index is 0.000000128.